The van der Waals surface area contributed by atoms with Crippen molar-refractivity contribution < 1.29 is 27.7 Å². The van der Waals surface area contributed by atoms with Crippen molar-refractivity contribution in [3.63, 3.8) is 0 Å². The highest BCUT2D eigenvalue weighted by molar-refractivity contribution is 7.91. The van der Waals surface area contributed by atoms with E-state index in [4.69, 9.17) is 9.68 Å². The fraction of sp³-hybridized carbons (Fsp3) is 0.273. The molecule has 0 N–H and O–H groups in total. The molecule has 0 saturated carbocycles. The molecule has 0 amide bonds. The first-order chi connectivity index (χ1) is 20.6. The van der Waals surface area contributed by atoms with Crippen molar-refractivity contribution in [3.05, 3.63) is 90.1 Å². The number of aromatic nitrogens is 1. The largest absolute Gasteiger partial charge is 0.331 e. The third-order valence-corrected chi connectivity index (χ3v) is 8.64. The van der Waals surface area contributed by atoms with Gasteiger partial charge in [0.2, 0.25) is 9.84 Å². The SMILES string of the molecule is CCCCCC/C(=N\OC(C)=O)c1cn(-c2ccc(/C(C)=N/OC(C)=O)cc2)c2ccc(S(=O)(=O)c3ccccc3)cc12. The number of hydrogen-bond donors (Lipinski definition) is 0. The lowest BCUT2D eigenvalue weighted by atomic mass is 10.0. The van der Waals surface area contributed by atoms with E-state index >= 15 is 0 Å². The lowest BCUT2D eigenvalue weighted by Gasteiger charge is -2.09. The number of nitrogens with zero attached hydrogens (tertiary/aromatic N) is 3. The van der Waals surface area contributed by atoms with Gasteiger partial charge in [0.25, 0.3) is 0 Å². The number of oxime groups is 2. The van der Waals surface area contributed by atoms with Crippen LogP contribution in [0.3, 0.4) is 0 Å². The Hall–Kier alpha value is -4.57. The van der Waals surface area contributed by atoms with Crippen molar-refractivity contribution in [2.75, 3.05) is 0 Å². The summed E-state index contributed by atoms with van der Waals surface area (Å²) >= 11 is 0. The molecule has 0 atom stereocenters. The molecule has 0 aliphatic carbocycles. The number of carbonyl (C=O) groups excluding carboxylic acids is 2. The highest BCUT2D eigenvalue weighted by Crippen LogP contribution is 2.31. The molecular formula is C33H35N3O6S. The van der Waals surface area contributed by atoms with Crippen molar-refractivity contribution in [2.24, 2.45) is 10.3 Å². The second-order valence-electron chi connectivity index (χ2n) is 10.1. The molecule has 224 valence electrons. The van der Waals surface area contributed by atoms with Gasteiger partial charge in [-0.15, -0.1) is 0 Å². The number of rotatable bonds is 12. The van der Waals surface area contributed by atoms with Crippen LogP contribution in [0.1, 0.15) is 70.9 Å². The van der Waals surface area contributed by atoms with Crippen LogP contribution in [0.2, 0.25) is 0 Å². The van der Waals surface area contributed by atoms with Gasteiger partial charge in [0.15, 0.2) is 0 Å². The summed E-state index contributed by atoms with van der Waals surface area (Å²) < 4.78 is 29.0. The summed E-state index contributed by atoms with van der Waals surface area (Å²) in [5.74, 6) is -1.04. The Balaban J connectivity index is 1.86. The van der Waals surface area contributed by atoms with E-state index in [0.29, 0.717) is 28.8 Å². The standard InChI is InChI=1S/C33H35N3O6S/c1-5-6-7-11-14-32(35-42-25(4)38)31-22-36(27-17-15-26(16-18-27)23(2)34-41-24(3)37)33-20-19-29(21-30(31)33)43(39,40)28-12-9-8-10-13-28/h8-10,12-13,15-22H,5-7,11,14H2,1-4H3/b34-23+,35-32+. The van der Waals surface area contributed by atoms with Crippen LogP contribution in [0.4, 0.5) is 0 Å². The maximum Gasteiger partial charge on any atom is 0.331 e. The van der Waals surface area contributed by atoms with E-state index in [0.717, 1.165) is 42.5 Å². The zero-order valence-electron chi connectivity index (χ0n) is 24.7. The summed E-state index contributed by atoms with van der Waals surface area (Å²) in [6.45, 7) is 6.45. The average molecular weight is 602 g/mol. The van der Waals surface area contributed by atoms with Crippen LogP contribution in [0.25, 0.3) is 16.6 Å². The van der Waals surface area contributed by atoms with Crippen LogP contribution < -0.4 is 0 Å². The molecule has 0 aliphatic rings. The van der Waals surface area contributed by atoms with Crippen LogP contribution >= 0.6 is 0 Å². The summed E-state index contributed by atoms with van der Waals surface area (Å²) in [4.78, 5) is 33.1. The van der Waals surface area contributed by atoms with E-state index < -0.39 is 21.8 Å². The first-order valence-electron chi connectivity index (χ1n) is 14.1. The van der Waals surface area contributed by atoms with Gasteiger partial charge in [-0.1, -0.05) is 66.8 Å². The van der Waals surface area contributed by atoms with E-state index in [1.165, 1.54) is 13.8 Å². The highest BCUT2D eigenvalue weighted by atomic mass is 32.2. The molecule has 0 fully saturated rings. The smallest absolute Gasteiger partial charge is 0.318 e. The Labute approximate surface area is 251 Å². The van der Waals surface area contributed by atoms with Crippen LogP contribution in [-0.2, 0) is 29.1 Å². The number of hydrogen-bond acceptors (Lipinski definition) is 8. The Morgan fingerprint density at radius 2 is 1.47 bits per heavy atom. The lowest BCUT2D eigenvalue weighted by Crippen LogP contribution is -2.05. The lowest BCUT2D eigenvalue weighted by molar-refractivity contribution is -0.141. The topological polar surface area (TPSA) is 116 Å². The van der Waals surface area contributed by atoms with Gasteiger partial charge in [0, 0.05) is 36.7 Å². The molecule has 4 rings (SSSR count). The van der Waals surface area contributed by atoms with Crippen molar-refractivity contribution in [1.29, 1.82) is 0 Å². The zero-order chi connectivity index (χ0) is 31.0. The van der Waals surface area contributed by atoms with Gasteiger partial charge in [-0.2, -0.15) is 0 Å². The second-order valence-corrected chi connectivity index (χ2v) is 12.1. The van der Waals surface area contributed by atoms with E-state index in [1.54, 1.807) is 55.5 Å². The minimum absolute atomic E-state index is 0.149. The van der Waals surface area contributed by atoms with Crippen molar-refractivity contribution >= 4 is 44.1 Å². The van der Waals surface area contributed by atoms with Gasteiger partial charge in [-0.05, 0) is 67.8 Å². The fourth-order valence-electron chi connectivity index (χ4n) is 4.67. The Kier molecular flexibility index (Phi) is 10.3. The monoisotopic (exact) mass is 601 g/mol. The van der Waals surface area contributed by atoms with E-state index in [-0.39, 0.29) is 9.79 Å². The van der Waals surface area contributed by atoms with Gasteiger partial charge in [0.05, 0.1) is 26.7 Å². The minimum atomic E-state index is -3.79. The quantitative estimate of drug-likeness (QED) is 0.0748. The van der Waals surface area contributed by atoms with Crippen LogP contribution in [-0.4, -0.2) is 36.3 Å². The Morgan fingerprint density at radius 1 is 0.791 bits per heavy atom. The Morgan fingerprint density at radius 3 is 2.12 bits per heavy atom. The molecule has 0 aliphatic heterocycles. The summed E-state index contributed by atoms with van der Waals surface area (Å²) in [6.07, 6.45) is 6.38. The normalized spacial score (nSPS) is 12.4. The fourth-order valence-corrected chi connectivity index (χ4v) is 5.98. The molecule has 1 heterocycles. The third kappa shape index (κ3) is 7.64. The van der Waals surface area contributed by atoms with Crippen LogP contribution in [0.15, 0.2) is 99.1 Å². The molecule has 10 heteroatoms. The molecule has 0 radical (unpaired) electrons. The molecule has 4 aromatic rings. The maximum absolute atomic E-state index is 13.5. The van der Waals surface area contributed by atoms with E-state index in [1.807, 2.05) is 35.0 Å². The molecule has 3 aromatic carbocycles. The minimum Gasteiger partial charge on any atom is -0.318 e. The molecule has 0 saturated heterocycles. The summed E-state index contributed by atoms with van der Waals surface area (Å²) in [5.41, 5.74) is 4.10. The number of benzene rings is 3. The number of fused-ring (bicyclic) bond motifs is 1. The average Bonchev–Trinajstić information content (AvgIpc) is 3.38. The number of sulfone groups is 1. The molecule has 0 bridgehead atoms. The molecule has 0 spiro atoms. The van der Waals surface area contributed by atoms with Crippen LogP contribution in [0, 0.1) is 0 Å². The summed E-state index contributed by atoms with van der Waals surface area (Å²) in [5, 5.41) is 8.73. The van der Waals surface area contributed by atoms with Gasteiger partial charge >= 0.3 is 11.9 Å². The van der Waals surface area contributed by atoms with Crippen molar-refractivity contribution in [2.45, 2.75) is 69.6 Å². The maximum atomic E-state index is 13.5. The first-order valence-corrected chi connectivity index (χ1v) is 15.6. The zero-order valence-corrected chi connectivity index (χ0v) is 25.6. The van der Waals surface area contributed by atoms with Gasteiger partial charge in [-0.25, -0.2) is 18.0 Å². The molecule has 1 aromatic heterocycles. The molecule has 9 nitrogen and oxygen atoms in total. The number of unbranched alkanes of at least 4 members (excludes halogenated alkanes) is 3. The van der Waals surface area contributed by atoms with Gasteiger partial charge in [0.1, 0.15) is 0 Å². The van der Waals surface area contributed by atoms with Crippen molar-refractivity contribution in [1.82, 2.24) is 4.57 Å². The van der Waals surface area contributed by atoms with Crippen molar-refractivity contribution in [3.8, 4) is 5.69 Å². The van der Waals surface area contributed by atoms with Crippen LogP contribution in [0.5, 0.6) is 0 Å². The second kappa shape index (κ2) is 14.1. The van der Waals surface area contributed by atoms with Gasteiger partial charge in [-0.3, -0.25) is 0 Å². The summed E-state index contributed by atoms with van der Waals surface area (Å²) in [7, 11) is -3.79. The predicted octanol–water partition coefficient (Wildman–Crippen LogP) is 6.99. The first kappa shape index (κ1) is 31.4. The van der Waals surface area contributed by atoms with Gasteiger partial charge < -0.3 is 14.2 Å². The summed E-state index contributed by atoms with van der Waals surface area (Å²) in [6, 6.07) is 20.8. The molecule has 0 unspecified atom stereocenters. The van der Waals surface area contributed by atoms with E-state index in [9.17, 15) is 18.0 Å². The predicted molar refractivity (Wildman–Crippen MR) is 166 cm³/mol. The third-order valence-electron chi connectivity index (χ3n) is 6.88. The number of carbonyl (C=O) groups is 2. The van der Waals surface area contributed by atoms with E-state index in [2.05, 4.69) is 17.2 Å². The molecular weight excluding hydrogens is 566 g/mol. The molecule has 43 heavy (non-hydrogen) atoms. The highest BCUT2D eigenvalue weighted by Gasteiger charge is 2.22. The Bertz CT molecular complexity index is 1770.